The lowest BCUT2D eigenvalue weighted by atomic mass is 10.2. The van der Waals surface area contributed by atoms with Crippen molar-refractivity contribution in [2.24, 2.45) is 0 Å². The molecule has 1 aliphatic heterocycles. The monoisotopic (exact) mass is 458 g/mol. The van der Waals surface area contributed by atoms with Gasteiger partial charge in [-0.05, 0) is 37.5 Å². The maximum absolute atomic E-state index is 13.3. The lowest BCUT2D eigenvalue weighted by molar-refractivity contribution is -0.122. The second-order valence-electron chi connectivity index (χ2n) is 7.79. The Morgan fingerprint density at radius 2 is 1.87 bits per heavy atom. The molecular formula is C23H30N4O2S2. The predicted molar refractivity (Wildman–Crippen MR) is 134 cm³/mol. The van der Waals surface area contributed by atoms with E-state index in [4.69, 9.17) is 12.2 Å². The van der Waals surface area contributed by atoms with Gasteiger partial charge in [0.25, 0.3) is 11.5 Å². The van der Waals surface area contributed by atoms with Crippen LogP contribution in [0, 0.1) is 6.92 Å². The molecule has 0 unspecified atom stereocenters. The molecule has 0 atom stereocenters. The number of rotatable bonds is 10. The molecule has 8 heteroatoms. The SMILES string of the molecule is CCCCCNc1nc2ccc(C)cn2c(=O)c1/C=C1/SC(=S)N(CCCCC)C1=O. The summed E-state index contributed by atoms with van der Waals surface area (Å²) in [4.78, 5) is 33.1. The van der Waals surface area contributed by atoms with E-state index in [2.05, 4.69) is 24.1 Å². The van der Waals surface area contributed by atoms with Crippen LogP contribution in [-0.2, 0) is 4.79 Å². The fraction of sp³-hybridized carbons (Fsp3) is 0.478. The summed E-state index contributed by atoms with van der Waals surface area (Å²) in [7, 11) is 0. The molecule has 0 aliphatic carbocycles. The van der Waals surface area contributed by atoms with Gasteiger partial charge in [-0.1, -0.05) is 69.6 Å². The molecule has 1 saturated heterocycles. The maximum atomic E-state index is 13.3. The lowest BCUT2D eigenvalue weighted by Gasteiger charge is -2.13. The zero-order valence-corrected chi connectivity index (χ0v) is 20.1. The molecule has 3 heterocycles. The Hall–Kier alpha value is -2.19. The number of nitrogens with zero attached hydrogens (tertiary/aromatic N) is 3. The van der Waals surface area contributed by atoms with Gasteiger partial charge >= 0.3 is 0 Å². The Bertz CT molecular complexity index is 1060. The first-order valence-corrected chi connectivity index (χ1v) is 12.2. The van der Waals surface area contributed by atoms with Crippen LogP contribution in [0.3, 0.4) is 0 Å². The number of amides is 1. The van der Waals surface area contributed by atoms with Crippen molar-refractivity contribution in [1.29, 1.82) is 0 Å². The van der Waals surface area contributed by atoms with Crippen molar-refractivity contribution in [3.63, 3.8) is 0 Å². The summed E-state index contributed by atoms with van der Waals surface area (Å²) in [5.74, 6) is 0.387. The van der Waals surface area contributed by atoms with Gasteiger partial charge in [-0.2, -0.15) is 0 Å². The van der Waals surface area contributed by atoms with E-state index in [1.165, 1.54) is 11.8 Å². The number of carbonyl (C=O) groups excluding carboxylic acids is 1. The number of pyridine rings is 1. The molecule has 3 rings (SSSR count). The van der Waals surface area contributed by atoms with E-state index >= 15 is 0 Å². The van der Waals surface area contributed by atoms with Crippen molar-refractivity contribution in [3.8, 4) is 0 Å². The van der Waals surface area contributed by atoms with Crippen LogP contribution >= 0.6 is 24.0 Å². The minimum Gasteiger partial charge on any atom is -0.369 e. The lowest BCUT2D eigenvalue weighted by Crippen LogP contribution is -2.29. The highest BCUT2D eigenvalue weighted by Gasteiger charge is 2.32. The Kier molecular flexibility index (Phi) is 8.26. The molecule has 0 radical (unpaired) electrons. The van der Waals surface area contributed by atoms with Gasteiger partial charge in [0.2, 0.25) is 0 Å². The number of hydrogen-bond acceptors (Lipinski definition) is 6. The van der Waals surface area contributed by atoms with Gasteiger partial charge in [-0.3, -0.25) is 18.9 Å². The maximum Gasteiger partial charge on any atom is 0.267 e. The first-order chi connectivity index (χ1) is 15.0. The molecule has 1 N–H and O–H groups in total. The highest BCUT2D eigenvalue weighted by Crippen LogP contribution is 2.33. The molecule has 6 nitrogen and oxygen atoms in total. The number of aryl methyl sites for hydroxylation is 1. The molecule has 2 aromatic heterocycles. The molecule has 1 amide bonds. The predicted octanol–water partition coefficient (Wildman–Crippen LogP) is 5.00. The number of fused-ring (bicyclic) bond motifs is 1. The molecule has 0 spiro atoms. The number of nitrogens with one attached hydrogen (secondary N) is 1. The standard InChI is InChI=1S/C23H30N4O2S2/c1-4-6-8-12-24-20-17(21(28)27-15-16(3)10-11-19(27)25-20)14-18-22(29)26(23(30)31-18)13-9-7-5-2/h10-11,14-15,24H,4-9,12-13H2,1-3H3/b18-14+. The van der Waals surface area contributed by atoms with Crippen molar-refractivity contribution >= 4 is 51.7 Å². The van der Waals surface area contributed by atoms with Crippen LogP contribution in [0.2, 0.25) is 0 Å². The van der Waals surface area contributed by atoms with E-state index in [0.717, 1.165) is 50.6 Å². The highest BCUT2D eigenvalue weighted by atomic mass is 32.2. The summed E-state index contributed by atoms with van der Waals surface area (Å²) < 4.78 is 2.09. The summed E-state index contributed by atoms with van der Waals surface area (Å²) in [5, 5.41) is 3.31. The highest BCUT2D eigenvalue weighted by molar-refractivity contribution is 8.26. The van der Waals surface area contributed by atoms with Crippen LogP contribution in [0.1, 0.15) is 63.5 Å². The zero-order chi connectivity index (χ0) is 22.4. The summed E-state index contributed by atoms with van der Waals surface area (Å²) in [6, 6.07) is 3.77. The molecule has 0 saturated carbocycles. The van der Waals surface area contributed by atoms with Crippen LogP contribution < -0.4 is 10.9 Å². The van der Waals surface area contributed by atoms with Gasteiger partial charge in [0.15, 0.2) is 0 Å². The van der Waals surface area contributed by atoms with E-state index in [0.29, 0.717) is 32.8 Å². The molecule has 0 bridgehead atoms. The van der Waals surface area contributed by atoms with E-state index < -0.39 is 0 Å². The fourth-order valence-corrected chi connectivity index (χ4v) is 4.74. The van der Waals surface area contributed by atoms with E-state index in [-0.39, 0.29) is 11.5 Å². The summed E-state index contributed by atoms with van der Waals surface area (Å²) in [6.45, 7) is 7.55. The third-order valence-corrected chi connectivity index (χ3v) is 6.59. The van der Waals surface area contributed by atoms with Crippen LogP contribution in [0.25, 0.3) is 11.7 Å². The minimum atomic E-state index is -0.192. The van der Waals surface area contributed by atoms with Crippen molar-refractivity contribution in [1.82, 2.24) is 14.3 Å². The third-order valence-electron chi connectivity index (χ3n) is 5.21. The Morgan fingerprint density at radius 3 is 2.61 bits per heavy atom. The Morgan fingerprint density at radius 1 is 1.13 bits per heavy atom. The van der Waals surface area contributed by atoms with E-state index in [9.17, 15) is 9.59 Å². The molecule has 1 fully saturated rings. The van der Waals surface area contributed by atoms with Gasteiger partial charge in [-0.25, -0.2) is 4.98 Å². The Labute approximate surface area is 193 Å². The third kappa shape index (κ3) is 5.54. The average molecular weight is 459 g/mol. The number of anilines is 1. The summed E-state index contributed by atoms with van der Waals surface area (Å²) >= 11 is 6.69. The Balaban J connectivity index is 1.99. The van der Waals surface area contributed by atoms with Crippen molar-refractivity contribution in [2.45, 2.75) is 59.3 Å². The molecule has 166 valence electrons. The van der Waals surface area contributed by atoms with Crippen LogP contribution in [0.5, 0.6) is 0 Å². The van der Waals surface area contributed by atoms with Crippen LogP contribution in [0.15, 0.2) is 28.0 Å². The molecule has 2 aromatic rings. The second kappa shape index (κ2) is 10.9. The van der Waals surface area contributed by atoms with Crippen molar-refractivity contribution in [3.05, 3.63) is 44.7 Å². The number of unbranched alkanes of at least 4 members (excludes halogenated alkanes) is 4. The minimum absolute atomic E-state index is 0.128. The van der Waals surface area contributed by atoms with Gasteiger partial charge in [0.1, 0.15) is 15.8 Å². The smallest absolute Gasteiger partial charge is 0.267 e. The van der Waals surface area contributed by atoms with E-state index in [1.54, 1.807) is 21.6 Å². The summed E-state index contributed by atoms with van der Waals surface area (Å²) in [6.07, 6.45) is 9.69. The van der Waals surface area contributed by atoms with Gasteiger partial charge < -0.3 is 5.32 Å². The second-order valence-corrected chi connectivity index (χ2v) is 9.46. The summed E-state index contributed by atoms with van der Waals surface area (Å²) in [5.41, 5.74) is 1.75. The van der Waals surface area contributed by atoms with Crippen LogP contribution in [0.4, 0.5) is 5.82 Å². The van der Waals surface area contributed by atoms with Crippen molar-refractivity contribution < 1.29 is 4.79 Å². The molecule has 1 aliphatic rings. The number of aromatic nitrogens is 2. The first kappa shape index (κ1) is 23.5. The fourth-order valence-electron chi connectivity index (χ4n) is 3.45. The van der Waals surface area contributed by atoms with Crippen LogP contribution in [-0.4, -0.2) is 37.6 Å². The average Bonchev–Trinajstić information content (AvgIpc) is 3.01. The van der Waals surface area contributed by atoms with Gasteiger partial charge in [0, 0.05) is 19.3 Å². The normalized spacial score (nSPS) is 15.5. The number of carbonyl (C=O) groups is 1. The number of thiocarbonyl (C=S) groups is 1. The first-order valence-electron chi connectivity index (χ1n) is 11.0. The largest absolute Gasteiger partial charge is 0.369 e. The quantitative estimate of drug-likeness (QED) is 0.307. The molecule has 0 aromatic carbocycles. The van der Waals surface area contributed by atoms with Gasteiger partial charge in [-0.15, -0.1) is 0 Å². The number of thioether (sulfide) groups is 1. The van der Waals surface area contributed by atoms with Crippen molar-refractivity contribution in [2.75, 3.05) is 18.4 Å². The number of hydrogen-bond donors (Lipinski definition) is 1. The topological polar surface area (TPSA) is 66.7 Å². The molecular weight excluding hydrogens is 428 g/mol. The molecule has 31 heavy (non-hydrogen) atoms. The van der Waals surface area contributed by atoms with E-state index in [1.807, 2.05) is 19.1 Å². The zero-order valence-electron chi connectivity index (χ0n) is 18.4. The van der Waals surface area contributed by atoms with Gasteiger partial charge in [0.05, 0.1) is 10.5 Å².